The molecule has 6 heteroatoms. The zero-order valence-electron chi connectivity index (χ0n) is 12.5. The lowest BCUT2D eigenvalue weighted by molar-refractivity contribution is -0.143. The van der Waals surface area contributed by atoms with Crippen molar-refractivity contribution in [2.45, 2.75) is 58.1 Å². The molecule has 0 spiro atoms. The van der Waals surface area contributed by atoms with Crippen molar-refractivity contribution in [3.8, 4) is 0 Å². The van der Waals surface area contributed by atoms with Gasteiger partial charge in [-0.25, -0.2) is 9.59 Å². The van der Waals surface area contributed by atoms with Crippen LogP contribution in [0.5, 0.6) is 0 Å². The molecule has 1 N–H and O–H groups in total. The number of alkyl carbamates (subject to hydrolysis) is 1. The van der Waals surface area contributed by atoms with E-state index in [1.807, 2.05) is 0 Å². The lowest BCUT2D eigenvalue weighted by Crippen LogP contribution is -2.44. The number of ketones is 1. The quantitative estimate of drug-likeness (QED) is 0.797. The van der Waals surface area contributed by atoms with Crippen LogP contribution < -0.4 is 5.32 Å². The zero-order valence-corrected chi connectivity index (χ0v) is 12.5. The fourth-order valence-corrected chi connectivity index (χ4v) is 2.23. The highest BCUT2D eigenvalue weighted by atomic mass is 16.6. The zero-order chi connectivity index (χ0) is 15.3. The molecule has 1 aliphatic rings. The largest absolute Gasteiger partial charge is 0.467 e. The minimum atomic E-state index is -0.772. The first-order valence-electron chi connectivity index (χ1n) is 6.80. The highest BCUT2D eigenvalue weighted by molar-refractivity contribution is 5.82. The molecule has 0 aliphatic heterocycles. The maximum atomic E-state index is 11.7. The van der Waals surface area contributed by atoms with E-state index in [2.05, 4.69) is 10.1 Å². The number of ether oxygens (including phenoxy) is 2. The van der Waals surface area contributed by atoms with E-state index >= 15 is 0 Å². The molecule has 0 heterocycles. The Kier molecular flexibility index (Phi) is 5.53. The summed E-state index contributed by atoms with van der Waals surface area (Å²) in [5, 5.41) is 2.52. The van der Waals surface area contributed by atoms with Gasteiger partial charge in [0.2, 0.25) is 0 Å². The number of carbonyl (C=O) groups is 3. The third kappa shape index (κ3) is 5.59. The SMILES string of the molecule is COC(=O)[C@H](CC1CCC(=O)C1)NC(=O)OC(C)(C)C. The Morgan fingerprint density at radius 3 is 2.50 bits per heavy atom. The Hall–Kier alpha value is -1.59. The Morgan fingerprint density at radius 1 is 1.40 bits per heavy atom. The second-order valence-corrected chi connectivity index (χ2v) is 6.11. The molecule has 0 bridgehead atoms. The molecule has 0 aromatic rings. The van der Waals surface area contributed by atoms with Crippen molar-refractivity contribution < 1.29 is 23.9 Å². The molecule has 0 saturated heterocycles. The number of rotatable bonds is 4. The van der Waals surface area contributed by atoms with Crippen molar-refractivity contribution in [1.29, 1.82) is 0 Å². The minimum Gasteiger partial charge on any atom is -0.467 e. The summed E-state index contributed by atoms with van der Waals surface area (Å²) in [6.45, 7) is 5.24. The van der Waals surface area contributed by atoms with Crippen molar-refractivity contribution in [3.05, 3.63) is 0 Å². The van der Waals surface area contributed by atoms with Crippen LogP contribution in [0.15, 0.2) is 0 Å². The summed E-state index contributed by atoms with van der Waals surface area (Å²) in [6.07, 6.45) is 1.51. The van der Waals surface area contributed by atoms with Gasteiger partial charge in [0, 0.05) is 12.8 Å². The Bertz CT molecular complexity index is 386. The average molecular weight is 285 g/mol. The van der Waals surface area contributed by atoms with Gasteiger partial charge in [-0.2, -0.15) is 0 Å². The lowest BCUT2D eigenvalue weighted by atomic mass is 9.98. The van der Waals surface area contributed by atoms with E-state index in [9.17, 15) is 14.4 Å². The van der Waals surface area contributed by atoms with E-state index < -0.39 is 23.7 Å². The van der Waals surface area contributed by atoms with Gasteiger partial charge in [-0.3, -0.25) is 4.79 Å². The van der Waals surface area contributed by atoms with E-state index in [-0.39, 0.29) is 11.7 Å². The van der Waals surface area contributed by atoms with Crippen LogP contribution >= 0.6 is 0 Å². The maximum absolute atomic E-state index is 11.7. The highest BCUT2D eigenvalue weighted by Crippen LogP contribution is 2.26. The normalized spacial score (nSPS) is 20.4. The first-order valence-corrected chi connectivity index (χ1v) is 6.80. The average Bonchev–Trinajstić information content (AvgIpc) is 2.70. The molecule has 20 heavy (non-hydrogen) atoms. The monoisotopic (exact) mass is 285 g/mol. The highest BCUT2D eigenvalue weighted by Gasteiger charge is 2.31. The molecule has 114 valence electrons. The van der Waals surface area contributed by atoms with Crippen molar-refractivity contribution in [2.75, 3.05) is 7.11 Å². The Balaban J connectivity index is 2.58. The van der Waals surface area contributed by atoms with Gasteiger partial charge < -0.3 is 14.8 Å². The van der Waals surface area contributed by atoms with E-state index in [4.69, 9.17) is 4.74 Å². The second kappa shape index (κ2) is 6.72. The van der Waals surface area contributed by atoms with Crippen LogP contribution in [0.1, 0.15) is 46.5 Å². The Morgan fingerprint density at radius 2 is 2.05 bits per heavy atom. The van der Waals surface area contributed by atoms with E-state index in [0.29, 0.717) is 19.3 Å². The molecule has 1 unspecified atom stereocenters. The number of carbonyl (C=O) groups excluding carboxylic acids is 3. The summed E-state index contributed by atoms with van der Waals surface area (Å²) < 4.78 is 9.81. The summed E-state index contributed by atoms with van der Waals surface area (Å²) in [4.78, 5) is 34.7. The van der Waals surface area contributed by atoms with Crippen LogP contribution in [0, 0.1) is 5.92 Å². The number of esters is 1. The topological polar surface area (TPSA) is 81.7 Å². The molecule has 1 saturated carbocycles. The summed E-state index contributed by atoms with van der Waals surface area (Å²) in [5.74, 6) is -0.201. The smallest absolute Gasteiger partial charge is 0.408 e. The van der Waals surface area contributed by atoms with Gasteiger partial charge in [-0.15, -0.1) is 0 Å². The summed E-state index contributed by atoms with van der Waals surface area (Å²) in [7, 11) is 1.27. The fraction of sp³-hybridized carbons (Fsp3) is 0.786. The number of methoxy groups -OCH3 is 1. The van der Waals surface area contributed by atoms with Crippen molar-refractivity contribution in [2.24, 2.45) is 5.92 Å². The molecule has 1 rings (SSSR count). The summed E-state index contributed by atoms with van der Waals surface area (Å²) in [5.41, 5.74) is -0.631. The first-order chi connectivity index (χ1) is 9.21. The Labute approximate surface area is 119 Å². The van der Waals surface area contributed by atoms with Gasteiger partial charge in [0.1, 0.15) is 17.4 Å². The van der Waals surface area contributed by atoms with Crippen LogP contribution in [0.3, 0.4) is 0 Å². The van der Waals surface area contributed by atoms with Crippen molar-refractivity contribution in [3.63, 3.8) is 0 Å². The number of hydrogen-bond donors (Lipinski definition) is 1. The van der Waals surface area contributed by atoms with Gasteiger partial charge in [-0.05, 0) is 39.5 Å². The summed E-state index contributed by atoms with van der Waals surface area (Å²) >= 11 is 0. The molecule has 0 aromatic carbocycles. The number of amides is 1. The molecule has 6 nitrogen and oxygen atoms in total. The van der Waals surface area contributed by atoms with E-state index in [1.54, 1.807) is 20.8 Å². The van der Waals surface area contributed by atoms with Crippen molar-refractivity contribution in [1.82, 2.24) is 5.32 Å². The van der Waals surface area contributed by atoms with Gasteiger partial charge in [0.15, 0.2) is 0 Å². The van der Waals surface area contributed by atoms with Gasteiger partial charge in [-0.1, -0.05) is 0 Å². The summed E-state index contributed by atoms with van der Waals surface area (Å²) in [6, 6.07) is -0.772. The molecule has 1 fully saturated rings. The molecule has 1 aliphatic carbocycles. The van der Waals surface area contributed by atoms with Gasteiger partial charge in [0.05, 0.1) is 7.11 Å². The van der Waals surface area contributed by atoms with Crippen LogP contribution in [-0.2, 0) is 19.1 Å². The van der Waals surface area contributed by atoms with Gasteiger partial charge in [0.25, 0.3) is 0 Å². The van der Waals surface area contributed by atoms with Crippen LogP contribution in [0.2, 0.25) is 0 Å². The second-order valence-electron chi connectivity index (χ2n) is 6.11. The van der Waals surface area contributed by atoms with Gasteiger partial charge >= 0.3 is 12.1 Å². The van der Waals surface area contributed by atoms with Crippen LogP contribution in [-0.4, -0.2) is 36.6 Å². The molecular formula is C14H23NO5. The molecule has 1 amide bonds. The number of hydrogen-bond acceptors (Lipinski definition) is 5. The third-order valence-corrected chi connectivity index (χ3v) is 3.09. The van der Waals surface area contributed by atoms with E-state index in [0.717, 1.165) is 6.42 Å². The number of Topliss-reactive ketones (excluding diaryl/α,β-unsaturated/α-hetero) is 1. The standard InChI is InChI=1S/C14H23NO5/c1-14(2,3)20-13(18)15-11(12(17)19-4)8-9-5-6-10(16)7-9/h9,11H,5-8H2,1-4H3,(H,15,18)/t9?,11-/m0/s1. The predicted octanol–water partition coefficient (Wildman–Crippen LogP) is 1.81. The molecule has 0 radical (unpaired) electrons. The predicted molar refractivity (Wildman–Crippen MR) is 72.1 cm³/mol. The lowest BCUT2D eigenvalue weighted by Gasteiger charge is -2.23. The maximum Gasteiger partial charge on any atom is 0.408 e. The van der Waals surface area contributed by atoms with Crippen LogP contribution in [0.25, 0.3) is 0 Å². The first kappa shape index (κ1) is 16.5. The molecular weight excluding hydrogens is 262 g/mol. The molecule has 2 atom stereocenters. The fourth-order valence-electron chi connectivity index (χ4n) is 2.23. The third-order valence-electron chi connectivity index (χ3n) is 3.09. The molecule has 0 aromatic heterocycles. The number of nitrogens with one attached hydrogen (secondary N) is 1. The minimum absolute atomic E-state index is 0.113. The van der Waals surface area contributed by atoms with Crippen molar-refractivity contribution >= 4 is 17.8 Å². The van der Waals surface area contributed by atoms with E-state index in [1.165, 1.54) is 7.11 Å². The van der Waals surface area contributed by atoms with Crippen LogP contribution in [0.4, 0.5) is 4.79 Å².